The first-order chi connectivity index (χ1) is 9.22. The van der Waals surface area contributed by atoms with Gasteiger partial charge in [0.15, 0.2) is 11.5 Å². The van der Waals surface area contributed by atoms with Crippen LogP contribution in [0.2, 0.25) is 0 Å². The lowest BCUT2D eigenvalue weighted by Gasteiger charge is -2.20. The number of nitrogens with one attached hydrogen (secondary N) is 1. The highest BCUT2D eigenvalue weighted by atomic mass is 16.6. The Morgan fingerprint density at radius 3 is 2.89 bits per heavy atom. The van der Waals surface area contributed by atoms with Crippen LogP contribution in [0.15, 0.2) is 18.2 Å². The quantitative estimate of drug-likeness (QED) is 0.813. The highest BCUT2D eigenvalue weighted by Crippen LogP contribution is 2.33. The second-order valence-electron chi connectivity index (χ2n) is 3.91. The minimum atomic E-state index is -0.366. The fraction of sp³-hybridized carbons (Fsp3) is 0.385. The average Bonchev–Trinajstić information content (AvgIpc) is 2.46. The molecule has 0 atom stereocenters. The van der Waals surface area contributed by atoms with Crippen molar-refractivity contribution in [2.24, 2.45) is 0 Å². The molecule has 1 N–H and O–H groups in total. The molecule has 0 saturated heterocycles. The number of benzene rings is 1. The number of hydrogen-bond acceptors (Lipinski definition) is 5. The lowest BCUT2D eigenvalue weighted by atomic mass is 10.1. The van der Waals surface area contributed by atoms with Gasteiger partial charge < -0.3 is 19.5 Å². The Morgan fingerprint density at radius 2 is 2.11 bits per heavy atom. The van der Waals surface area contributed by atoms with E-state index in [0.717, 1.165) is 0 Å². The van der Waals surface area contributed by atoms with Crippen molar-refractivity contribution in [2.75, 3.05) is 26.9 Å². The van der Waals surface area contributed by atoms with Crippen molar-refractivity contribution in [3.8, 4) is 11.5 Å². The molecule has 0 fully saturated rings. The third-order valence-electron chi connectivity index (χ3n) is 2.65. The highest BCUT2D eigenvalue weighted by molar-refractivity contribution is 5.98. The molecule has 0 aliphatic carbocycles. The van der Waals surface area contributed by atoms with Crippen LogP contribution in [0.3, 0.4) is 0 Å². The van der Waals surface area contributed by atoms with E-state index in [1.807, 2.05) is 0 Å². The van der Waals surface area contributed by atoms with Gasteiger partial charge in [0, 0.05) is 6.54 Å². The molecule has 0 saturated carbocycles. The second kappa shape index (κ2) is 6.08. The summed E-state index contributed by atoms with van der Waals surface area (Å²) in [5, 5.41) is 2.64. The summed E-state index contributed by atoms with van der Waals surface area (Å²) in [5.74, 6) is 0.345. The Bertz CT molecular complexity index is 486. The van der Waals surface area contributed by atoms with E-state index in [2.05, 4.69) is 10.1 Å². The Hall–Kier alpha value is -2.24. The zero-order valence-corrected chi connectivity index (χ0v) is 10.6. The van der Waals surface area contributed by atoms with Crippen molar-refractivity contribution in [3.05, 3.63) is 23.8 Å². The van der Waals surface area contributed by atoms with Gasteiger partial charge in [0.2, 0.25) is 0 Å². The molecule has 1 aromatic rings. The van der Waals surface area contributed by atoms with Crippen LogP contribution >= 0.6 is 0 Å². The van der Waals surface area contributed by atoms with E-state index in [0.29, 0.717) is 30.3 Å². The van der Waals surface area contributed by atoms with Crippen LogP contribution in [0, 0.1) is 0 Å². The van der Waals surface area contributed by atoms with Crippen molar-refractivity contribution in [2.45, 2.75) is 6.42 Å². The Balaban J connectivity index is 2.01. The Morgan fingerprint density at radius 1 is 1.32 bits per heavy atom. The summed E-state index contributed by atoms with van der Waals surface area (Å²) in [4.78, 5) is 22.9. The molecule has 0 radical (unpaired) electrons. The number of ether oxygens (including phenoxy) is 3. The van der Waals surface area contributed by atoms with Crippen LogP contribution < -0.4 is 14.8 Å². The first kappa shape index (κ1) is 13.2. The monoisotopic (exact) mass is 265 g/mol. The molecule has 0 aromatic heterocycles. The molecular formula is C13H15NO5. The molecule has 1 aromatic carbocycles. The highest BCUT2D eigenvalue weighted by Gasteiger charge is 2.20. The molecule has 19 heavy (non-hydrogen) atoms. The number of para-hydroxylation sites is 1. The van der Waals surface area contributed by atoms with Crippen molar-refractivity contribution in [3.63, 3.8) is 0 Å². The first-order valence-corrected chi connectivity index (χ1v) is 5.96. The molecule has 1 amide bonds. The number of carbonyl (C=O) groups is 2. The van der Waals surface area contributed by atoms with Crippen LogP contribution in [0.25, 0.3) is 0 Å². The lowest BCUT2D eigenvalue weighted by Crippen LogP contribution is -2.28. The predicted octanol–water partition coefficient (Wildman–Crippen LogP) is 0.751. The van der Waals surface area contributed by atoms with Gasteiger partial charge in [-0.25, -0.2) is 0 Å². The van der Waals surface area contributed by atoms with Gasteiger partial charge in [-0.05, 0) is 12.1 Å². The maximum atomic E-state index is 12.0. The maximum Gasteiger partial charge on any atom is 0.307 e. The van der Waals surface area contributed by atoms with Gasteiger partial charge in [-0.3, -0.25) is 9.59 Å². The van der Waals surface area contributed by atoms with Crippen LogP contribution in [0.5, 0.6) is 11.5 Å². The fourth-order valence-corrected chi connectivity index (χ4v) is 1.73. The smallest absolute Gasteiger partial charge is 0.307 e. The van der Waals surface area contributed by atoms with Gasteiger partial charge >= 0.3 is 5.97 Å². The first-order valence-electron chi connectivity index (χ1n) is 5.96. The zero-order chi connectivity index (χ0) is 13.7. The molecule has 102 valence electrons. The molecule has 0 unspecified atom stereocenters. The maximum absolute atomic E-state index is 12.0. The van der Waals surface area contributed by atoms with E-state index >= 15 is 0 Å². The van der Waals surface area contributed by atoms with E-state index in [-0.39, 0.29) is 24.8 Å². The number of methoxy groups -OCH3 is 1. The summed E-state index contributed by atoms with van der Waals surface area (Å²) in [5.41, 5.74) is 0.405. The summed E-state index contributed by atoms with van der Waals surface area (Å²) < 4.78 is 15.3. The summed E-state index contributed by atoms with van der Waals surface area (Å²) in [6, 6.07) is 5.13. The molecule has 6 heteroatoms. The van der Waals surface area contributed by atoms with E-state index in [4.69, 9.17) is 9.47 Å². The standard InChI is InChI=1S/C13H15NO5/c1-17-11(15)5-6-14-13(16)9-3-2-4-10-12(9)19-8-7-18-10/h2-4H,5-8H2,1H3,(H,14,16). The molecular weight excluding hydrogens is 250 g/mol. The summed E-state index contributed by atoms with van der Waals surface area (Å²) in [6.07, 6.45) is 0.134. The van der Waals surface area contributed by atoms with Gasteiger partial charge in [-0.15, -0.1) is 0 Å². The largest absolute Gasteiger partial charge is 0.486 e. The topological polar surface area (TPSA) is 73.9 Å². The van der Waals surface area contributed by atoms with Crippen LogP contribution in [-0.4, -0.2) is 38.7 Å². The van der Waals surface area contributed by atoms with Gasteiger partial charge in [0.1, 0.15) is 13.2 Å². The third-order valence-corrected chi connectivity index (χ3v) is 2.65. The second-order valence-corrected chi connectivity index (χ2v) is 3.91. The van der Waals surface area contributed by atoms with Crippen molar-refractivity contribution < 1.29 is 23.8 Å². The average molecular weight is 265 g/mol. The van der Waals surface area contributed by atoms with Crippen LogP contribution in [0.4, 0.5) is 0 Å². The third kappa shape index (κ3) is 3.15. The summed E-state index contributed by atoms with van der Waals surface area (Å²) in [6.45, 7) is 1.11. The molecule has 1 aliphatic heterocycles. The Labute approximate surface area is 110 Å². The molecule has 2 rings (SSSR count). The van der Waals surface area contributed by atoms with Crippen molar-refractivity contribution in [1.82, 2.24) is 5.32 Å². The van der Waals surface area contributed by atoms with E-state index in [1.165, 1.54) is 7.11 Å². The molecule has 0 spiro atoms. The fourth-order valence-electron chi connectivity index (χ4n) is 1.73. The number of rotatable bonds is 4. The van der Waals surface area contributed by atoms with Gasteiger partial charge in [-0.1, -0.05) is 6.07 Å². The number of esters is 1. The minimum absolute atomic E-state index is 0.134. The zero-order valence-electron chi connectivity index (χ0n) is 10.6. The van der Waals surface area contributed by atoms with Crippen molar-refractivity contribution in [1.29, 1.82) is 0 Å². The molecule has 6 nitrogen and oxygen atoms in total. The van der Waals surface area contributed by atoms with Crippen LogP contribution in [-0.2, 0) is 9.53 Å². The minimum Gasteiger partial charge on any atom is -0.486 e. The van der Waals surface area contributed by atoms with Crippen LogP contribution in [0.1, 0.15) is 16.8 Å². The van der Waals surface area contributed by atoms with Gasteiger partial charge in [0.25, 0.3) is 5.91 Å². The number of carbonyl (C=O) groups excluding carboxylic acids is 2. The Kier molecular flexibility index (Phi) is 4.22. The SMILES string of the molecule is COC(=O)CCNC(=O)c1cccc2c1OCCO2. The van der Waals surface area contributed by atoms with Gasteiger partial charge in [-0.2, -0.15) is 0 Å². The van der Waals surface area contributed by atoms with E-state index in [9.17, 15) is 9.59 Å². The molecule has 1 aliphatic rings. The normalized spacial score (nSPS) is 12.7. The number of hydrogen-bond donors (Lipinski definition) is 1. The lowest BCUT2D eigenvalue weighted by molar-refractivity contribution is -0.140. The number of fused-ring (bicyclic) bond motifs is 1. The molecule has 1 heterocycles. The predicted molar refractivity (Wildman–Crippen MR) is 66.4 cm³/mol. The van der Waals surface area contributed by atoms with Gasteiger partial charge in [0.05, 0.1) is 19.1 Å². The van der Waals surface area contributed by atoms with E-state index < -0.39 is 0 Å². The van der Waals surface area contributed by atoms with E-state index in [1.54, 1.807) is 18.2 Å². The summed E-state index contributed by atoms with van der Waals surface area (Å²) in [7, 11) is 1.31. The van der Waals surface area contributed by atoms with Crippen molar-refractivity contribution >= 4 is 11.9 Å². The summed E-state index contributed by atoms with van der Waals surface area (Å²) >= 11 is 0. The molecule has 0 bridgehead atoms. The number of amides is 1.